The van der Waals surface area contributed by atoms with Gasteiger partial charge in [0.05, 0.1) is 13.2 Å². The van der Waals surface area contributed by atoms with Gasteiger partial charge >= 0.3 is 0 Å². The van der Waals surface area contributed by atoms with Crippen LogP contribution in [0.1, 0.15) is 39.5 Å². The molecule has 0 amide bonds. The summed E-state index contributed by atoms with van der Waals surface area (Å²) < 4.78 is 5.20. The maximum absolute atomic E-state index is 9.48. The summed E-state index contributed by atoms with van der Waals surface area (Å²) in [5.74, 6) is 0. The van der Waals surface area contributed by atoms with E-state index in [9.17, 15) is 5.11 Å². The minimum atomic E-state index is 0.204. The van der Waals surface area contributed by atoms with Gasteiger partial charge in [0.15, 0.2) is 0 Å². The van der Waals surface area contributed by atoms with E-state index in [1.165, 1.54) is 12.8 Å². The van der Waals surface area contributed by atoms with Gasteiger partial charge in [-0.3, -0.25) is 4.90 Å². The third-order valence-electron chi connectivity index (χ3n) is 3.77. The van der Waals surface area contributed by atoms with Crippen molar-refractivity contribution >= 4 is 0 Å². The predicted molar refractivity (Wildman–Crippen MR) is 74.9 cm³/mol. The molecule has 0 saturated heterocycles. The van der Waals surface area contributed by atoms with Gasteiger partial charge in [0.25, 0.3) is 0 Å². The summed E-state index contributed by atoms with van der Waals surface area (Å²) in [6.45, 7) is 7.32. The third-order valence-corrected chi connectivity index (χ3v) is 3.77. The van der Waals surface area contributed by atoms with Crippen molar-refractivity contribution in [1.29, 1.82) is 0 Å². The second-order valence-corrected chi connectivity index (χ2v) is 5.28. The molecule has 2 N–H and O–H groups in total. The number of hydrogen-bond acceptors (Lipinski definition) is 4. The molecule has 0 radical (unpaired) electrons. The van der Waals surface area contributed by atoms with Crippen LogP contribution >= 0.6 is 0 Å². The fourth-order valence-electron chi connectivity index (χ4n) is 2.47. The van der Waals surface area contributed by atoms with Gasteiger partial charge in [0.1, 0.15) is 0 Å². The Bertz CT molecular complexity index is 206. The zero-order chi connectivity index (χ0) is 13.4. The van der Waals surface area contributed by atoms with E-state index in [1.54, 1.807) is 7.11 Å². The van der Waals surface area contributed by atoms with Crippen LogP contribution in [0, 0.1) is 0 Å². The second kappa shape index (κ2) is 8.86. The molecule has 1 unspecified atom stereocenters. The smallest absolute Gasteiger partial charge is 0.0597 e. The Kier molecular flexibility index (Phi) is 7.82. The lowest BCUT2D eigenvalue weighted by Crippen LogP contribution is -2.48. The van der Waals surface area contributed by atoms with E-state index in [1.807, 2.05) is 0 Å². The lowest BCUT2D eigenvalue weighted by Gasteiger charge is -2.33. The predicted octanol–water partition coefficient (Wildman–Crippen LogP) is 1.24. The molecule has 0 spiro atoms. The highest BCUT2D eigenvalue weighted by molar-refractivity contribution is 4.86. The van der Waals surface area contributed by atoms with Crippen molar-refractivity contribution in [2.75, 3.05) is 33.4 Å². The first-order valence-electron chi connectivity index (χ1n) is 7.34. The zero-order valence-corrected chi connectivity index (χ0v) is 12.2. The topological polar surface area (TPSA) is 44.7 Å². The first kappa shape index (κ1) is 15.9. The van der Waals surface area contributed by atoms with Crippen LogP contribution in [-0.4, -0.2) is 61.5 Å². The van der Waals surface area contributed by atoms with Gasteiger partial charge in [0.2, 0.25) is 0 Å². The number of nitrogens with one attached hydrogen (secondary N) is 1. The minimum Gasteiger partial charge on any atom is -0.395 e. The summed E-state index contributed by atoms with van der Waals surface area (Å²) in [5.41, 5.74) is 0. The molecule has 1 rings (SSSR count). The Labute approximate surface area is 112 Å². The number of nitrogens with zero attached hydrogens (tertiary/aromatic N) is 1. The molecule has 108 valence electrons. The monoisotopic (exact) mass is 258 g/mol. The number of methoxy groups -OCH3 is 1. The fourth-order valence-corrected chi connectivity index (χ4v) is 2.47. The van der Waals surface area contributed by atoms with Crippen LogP contribution in [0.25, 0.3) is 0 Å². The highest BCUT2D eigenvalue weighted by atomic mass is 16.5. The van der Waals surface area contributed by atoms with E-state index in [0.717, 1.165) is 32.5 Å². The summed E-state index contributed by atoms with van der Waals surface area (Å²) in [5, 5.41) is 13.0. The number of hydrogen-bond donors (Lipinski definition) is 2. The molecule has 0 bridgehead atoms. The third kappa shape index (κ3) is 5.65. The molecule has 0 aromatic rings. The summed E-state index contributed by atoms with van der Waals surface area (Å²) in [6.07, 6.45) is 4.84. The standard InChI is InChI=1S/C14H30N2O2/c1-4-14(5-2)16(8-9-18-3)10-13(11-17)15-12-6-7-12/h12-15,17H,4-11H2,1-3H3. The molecule has 0 heterocycles. The van der Waals surface area contributed by atoms with Gasteiger partial charge < -0.3 is 15.2 Å². The van der Waals surface area contributed by atoms with E-state index >= 15 is 0 Å². The lowest BCUT2D eigenvalue weighted by molar-refractivity contribution is 0.0950. The molecule has 1 fully saturated rings. The highest BCUT2D eigenvalue weighted by Crippen LogP contribution is 2.20. The van der Waals surface area contributed by atoms with Crippen molar-refractivity contribution in [3.8, 4) is 0 Å². The van der Waals surface area contributed by atoms with Gasteiger partial charge in [-0.25, -0.2) is 0 Å². The van der Waals surface area contributed by atoms with Gasteiger partial charge in [-0.2, -0.15) is 0 Å². The Morgan fingerprint density at radius 1 is 1.33 bits per heavy atom. The maximum atomic E-state index is 9.48. The first-order chi connectivity index (χ1) is 8.74. The van der Waals surface area contributed by atoms with Crippen LogP contribution in [-0.2, 0) is 4.74 Å². The summed E-state index contributed by atoms with van der Waals surface area (Å²) >= 11 is 0. The zero-order valence-electron chi connectivity index (χ0n) is 12.2. The normalized spacial score (nSPS) is 17.7. The molecule has 0 aliphatic heterocycles. The number of rotatable bonds is 11. The van der Waals surface area contributed by atoms with Crippen LogP contribution in [0.15, 0.2) is 0 Å². The van der Waals surface area contributed by atoms with Crippen molar-refractivity contribution in [1.82, 2.24) is 10.2 Å². The quantitative estimate of drug-likeness (QED) is 0.585. The molecule has 4 nitrogen and oxygen atoms in total. The van der Waals surface area contributed by atoms with Crippen molar-refractivity contribution in [3.63, 3.8) is 0 Å². The average Bonchev–Trinajstić information content (AvgIpc) is 3.19. The Balaban J connectivity index is 2.44. The van der Waals surface area contributed by atoms with Gasteiger partial charge in [-0.05, 0) is 25.7 Å². The Morgan fingerprint density at radius 2 is 2.00 bits per heavy atom. The first-order valence-corrected chi connectivity index (χ1v) is 7.34. The molecular weight excluding hydrogens is 228 g/mol. The van der Waals surface area contributed by atoms with Crippen LogP contribution in [0.3, 0.4) is 0 Å². The van der Waals surface area contributed by atoms with Crippen molar-refractivity contribution < 1.29 is 9.84 Å². The fraction of sp³-hybridized carbons (Fsp3) is 1.00. The number of ether oxygens (including phenoxy) is 1. The van der Waals surface area contributed by atoms with E-state index < -0.39 is 0 Å². The largest absolute Gasteiger partial charge is 0.395 e. The molecule has 0 aromatic carbocycles. The minimum absolute atomic E-state index is 0.204. The van der Waals surface area contributed by atoms with Gasteiger partial charge in [0, 0.05) is 38.3 Å². The van der Waals surface area contributed by atoms with E-state index in [2.05, 4.69) is 24.1 Å². The Hall–Kier alpha value is -0.160. The summed E-state index contributed by atoms with van der Waals surface area (Å²) in [6, 6.07) is 1.44. The lowest BCUT2D eigenvalue weighted by atomic mass is 10.1. The second-order valence-electron chi connectivity index (χ2n) is 5.28. The van der Waals surface area contributed by atoms with Crippen LogP contribution in [0.2, 0.25) is 0 Å². The van der Waals surface area contributed by atoms with Crippen molar-refractivity contribution in [3.05, 3.63) is 0 Å². The van der Waals surface area contributed by atoms with Crippen LogP contribution in [0.4, 0.5) is 0 Å². The molecule has 4 heteroatoms. The van der Waals surface area contributed by atoms with E-state index in [-0.39, 0.29) is 12.6 Å². The van der Waals surface area contributed by atoms with Crippen LogP contribution < -0.4 is 5.32 Å². The van der Waals surface area contributed by atoms with E-state index in [4.69, 9.17) is 4.74 Å². The average molecular weight is 258 g/mol. The summed E-state index contributed by atoms with van der Waals surface area (Å²) in [4.78, 5) is 2.46. The highest BCUT2D eigenvalue weighted by Gasteiger charge is 2.26. The molecule has 1 aliphatic carbocycles. The van der Waals surface area contributed by atoms with Crippen LogP contribution in [0.5, 0.6) is 0 Å². The molecular formula is C14H30N2O2. The van der Waals surface area contributed by atoms with Crippen molar-refractivity contribution in [2.45, 2.75) is 57.7 Å². The molecule has 0 aromatic heterocycles. The number of aliphatic hydroxyl groups is 1. The van der Waals surface area contributed by atoms with E-state index in [0.29, 0.717) is 12.1 Å². The molecule has 1 aliphatic rings. The van der Waals surface area contributed by atoms with Gasteiger partial charge in [-0.15, -0.1) is 0 Å². The number of aliphatic hydroxyl groups excluding tert-OH is 1. The molecule has 1 atom stereocenters. The molecule has 1 saturated carbocycles. The maximum Gasteiger partial charge on any atom is 0.0597 e. The Morgan fingerprint density at radius 3 is 2.44 bits per heavy atom. The van der Waals surface area contributed by atoms with Crippen molar-refractivity contribution in [2.24, 2.45) is 0 Å². The SMILES string of the molecule is CCC(CC)N(CCOC)CC(CO)NC1CC1. The summed E-state index contributed by atoms with van der Waals surface area (Å²) in [7, 11) is 1.75. The van der Waals surface area contributed by atoms with Gasteiger partial charge in [-0.1, -0.05) is 13.8 Å². The molecule has 18 heavy (non-hydrogen) atoms.